The van der Waals surface area contributed by atoms with E-state index in [4.69, 9.17) is 9.84 Å². The van der Waals surface area contributed by atoms with E-state index in [1.807, 2.05) is 0 Å². The van der Waals surface area contributed by atoms with Gasteiger partial charge >= 0.3 is 5.97 Å². The van der Waals surface area contributed by atoms with Crippen LogP contribution in [0.5, 0.6) is 5.88 Å². The molecule has 0 aromatic carbocycles. The van der Waals surface area contributed by atoms with E-state index in [1.165, 1.54) is 30.4 Å². The Labute approximate surface area is 104 Å². The number of hydrogen-bond acceptors (Lipinski definition) is 5. The quantitative estimate of drug-likeness (QED) is 0.913. The van der Waals surface area contributed by atoms with Crippen molar-refractivity contribution in [2.75, 3.05) is 7.11 Å². The molecule has 1 N–H and O–H groups in total. The van der Waals surface area contributed by atoms with Gasteiger partial charge in [-0.1, -0.05) is 0 Å². The van der Waals surface area contributed by atoms with E-state index in [-0.39, 0.29) is 11.5 Å². The maximum atomic E-state index is 10.7. The van der Waals surface area contributed by atoms with Crippen LogP contribution in [0.3, 0.4) is 0 Å². The molecule has 7 nitrogen and oxygen atoms in total. The van der Waals surface area contributed by atoms with Crippen molar-refractivity contribution < 1.29 is 14.6 Å². The van der Waals surface area contributed by atoms with E-state index < -0.39 is 5.97 Å². The summed E-state index contributed by atoms with van der Waals surface area (Å²) in [5, 5.41) is 12.6. The van der Waals surface area contributed by atoms with Crippen molar-refractivity contribution in [1.29, 1.82) is 0 Å². The molecule has 0 atom stereocenters. The van der Waals surface area contributed by atoms with E-state index >= 15 is 0 Å². The second-order valence-electron chi connectivity index (χ2n) is 3.01. The van der Waals surface area contributed by atoms with Crippen LogP contribution < -0.4 is 4.74 Å². The summed E-state index contributed by atoms with van der Waals surface area (Å²) < 4.78 is 6.87. The number of ether oxygens (including phenoxy) is 1. The molecule has 2 aromatic heterocycles. The fraction of sp³-hybridized carbons (Fsp3) is 0.111. The number of aromatic nitrogens is 4. The highest BCUT2D eigenvalue weighted by molar-refractivity contribution is 9.10. The minimum Gasteiger partial charge on any atom is -0.480 e. The summed E-state index contributed by atoms with van der Waals surface area (Å²) >= 11 is 3.22. The van der Waals surface area contributed by atoms with Crippen LogP contribution in [0, 0.1) is 0 Å². The van der Waals surface area contributed by atoms with Crippen LogP contribution in [0.25, 0.3) is 5.95 Å². The van der Waals surface area contributed by atoms with Gasteiger partial charge in [0.15, 0.2) is 0 Å². The van der Waals surface area contributed by atoms with Crippen molar-refractivity contribution in [3.63, 3.8) is 0 Å². The molecule has 0 spiro atoms. The van der Waals surface area contributed by atoms with Crippen LogP contribution in [0.2, 0.25) is 0 Å². The third kappa shape index (κ3) is 2.26. The molecule has 88 valence electrons. The molecule has 2 aromatic rings. The van der Waals surface area contributed by atoms with E-state index in [0.717, 1.165) is 0 Å². The van der Waals surface area contributed by atoms with Crippen LogP contribution in [-0.2, 0) is 0 Å². The highest BCUT2D eigenvalue weighted by Gasteiger charge is 2.11. The zero-order valence-electron chi connectivity index (χ0n) is 8.66. The number of nitrogens with zero attached hydrogens (tertiary/aromatic N) is 4. The fourth-order valence-corrected chi connectivity index (χ4v) is 1.49. The molecule has 0 aliphatic carbocycles. The van der Waals surface area contributed by atoms with Crippen molar-refractivity contribution in [2.45, 2.75) is 0 Å². The minimum atomic E-state index is -1.06. The molecule has 8 heteroatoms. The number of hydrogen-bond donors (Lipinski definition) is 1. The molecule has 0 saturated heterocycles. The molecule has 0 saturated carbocycles. The topological polar surface area (TPSA) is 90.1 Å². The predicted octanol–water partition coefficient (Wildman–Crippen LogP) is 1.13. The van der Waals surface area contributed by atoms with E-state index in [2.05, 4.69) is 31.0 Å². The molecule has 2 rings (SSSR count). The molecule has 0 amide bonds. The summed E-state index contributed by atoms with van der Waals surface area (Å²) in [5.41, 5.74) is 0.0653. The van der Waals surface area contributed by atoms with Crippen LogP contribution in [0.15, 0.2) is 23.1 Å². The molecule has 0 radical (unpaired) electrons. The van der Waals surface area contributed by atoms with E-state index in [1.54, 1.807) is 0 Å². The third-order valence-electron chi connectivity index (χ3n) is 1.93. The first-order valence-electron chi connectivity index (χ1n) is 4.46. The van der Waals surface area contributed by atoms with Crippen LogP contribution >= 0.6 is 15.9 Å². The number of rotatable bonds is 3. The van der Waals surface area contributed by atoms with Gasteiger partial charge < -0.3 is 9.84 Å². The van der Waals surface area contributed by atoms with Gasteiger partial charge in [0, 0.05) is 6.20 Å². The number of carbonyl (C=O) groups is 1. The van der Waals surface area contributed by atoms with Crippen molar-refractivity contribution in [2.24, 2.45) is 0 Å². The van der Waals surface area contributed by atoms with Gasteiger partial charge in [-0.25, -0.2) is 14.5 Å². The van der Waals surface area contributed by atoms with Gasteiger partial charge in [0.25, 0.3) is 5.95 Å². The monoisotopic (exact) mass is 298 g/mol. The molecule has 17 heavy (non-hydrogen) atoms. The van der Waals surface area contributed by atoms with Gasteiger partial charge in [-0.2, -0.15) is 10.1 Å². The SMILES string of the molecule is COc1nc(-n2cc(C(=O)O)cn2)ncc1Br. The van der Waals surface area contributed by atoms with E-state index in [9.17, 15) is 4.79 Å². The average Bonchev–Trinajstić information content (AvgIpc) is 2.79. The van der Waals surface area contributed by atoms with Gasteiger partial charge in [0.2, 0.25) is 5.88 Å². The number of aromatic carboxylic acids is 1. The molecule has 0 aliphatic rings. The molecular weight excluding hydrogens is 292 g/mol. The van der Waals surface area contributed by atoms with Gasteiger partial charge in [-0.05, 0) is 15.9 Å². The largest absolute Gasteiger partial charge is 0.480 e. The van der Waals surface area contributed by atoms with Gasteiger partial charge in [0.05, 0.1) is 29.5 Å². The van der Waals surface area contributed by atoms with Crippen LogP contribution in [0.1, 0.15) is 10.4 Å². The highest BCUT2D eigenvalue weighted by atomic mass is 79.9. The normalized spacial score (nSPS) is 10.2. The second-order valence-corrected chi connectivity index (χ2v) is 3.86. The summed E-state index contributed by atoms with van der Waals surface area (Å²) in [6.45, 7) is 0. The molecule has 0 aliphatic heterocycles. The molecule has 2 heterocycles. The lowest BCUT2D eigenvalue weighted by Gasteiger charge is -2.03. The van der Waals surface area contributed by atoms with Gasteiger partial charge in [-0.15, -0.1) is 0 Å². The van der Waals surface area contributed by atoms with Crippen molar-refractivity contribution in [3.05, 3.63) is 28.6 Å². The van der Waals surface area contributed by atoms with Gasteiger partial charge in [0.1, 0.15) is 0 Å². The number of carboxylic acid groups (broad SMARTS) is 1. The Hall–Kier alpha value is -1.96. The maximum absolute atomic E-state index is 10.7. The third-order valence-corrected chi connectivity index (χ3v) is 2.47. The predicted molar refractivity (Wildman–Crippen MR) is 60.4 cm³/mol. The molecule has 0 bridgehead atoms. The first-order valence-corrected chi connectivity index (χ1v) is 5.26. The average molecular weight is 299 g/mol. The summed E-state index contributed by atoms with van der Waals surface area (Å²) in [7, 11) is 1.47. The highest BCUT2D eigenvalue weighted by Crippen LogP contribution is 2.21. The number of methoxy groups -OCH3 is 1. The summed E-state index contributed by atoms with van der Waals surface area (Å²) in [6, 6.07) is 0. The first kappa shape index (κ1) is 11.5. The summed E-state index contributed by atoms with van der Waals surface area (Å²) in [6.07, 6.45) is 4.05. The first-order chi connectivity index (χ1) is 8.11. The van der Waals surface area contributed by atoms with E-state index in [0.29, 0.717) is 10.4 Å². The number of halogens is 1. The lowest BCUT2D eigenvalue weighted by molar-refractivity contribution is 0.0697. The fourth-order valence-electron chi connectivity index (χ4n) is 1.14. The van der Waals surface area contributed by atoms with Crippen molar-refractivity contribution >= 4 is 21.9 Å². The Morgan fingerprint density at radius 1 is 1.53 bits per heavy atom. The second kappa shape index (κ2) is 4.50. The lowest BCUT2D eigenvalue weighted by Crippen LogP contribution is -2.03. The summed E-state index contributed by atoms with van der Waals surface area (Å²) in [5.74, 6) is -0.472. The van der Waals surface area contributed by atoms with Crippen molar-refractivity contribution in [3.8, 4) is 11.8 Å². The standard InChI is InChI=1S/C9H7BrN4O3/c1-17-7-6(10)3-11-9(13-7)14-4-5(2-12-14)8(15)16/h2-4H,1H3,(H,15,16). The Balaban J connectivity index is 2.42. The Morgan fingerprint density at radius 2 is 2.29 bits per heavy atom. The smallest absolute Gasteiger partial charge is 0.338 e. The van der Waals surface area contributed by atoms with Gasteiger partial charge in [-0.3, -0.25) is 0 Å². The summed E-state index contributed by atoms with van der Waals surface area (Å²) in [4.78, 5) is 18.8. The zero-order valence-corrected chi connectivity index (χ0v) is 10.2. The maximum Gasteiger partial charge on any atom is 0.338 e. The molecular formula is C9H7BrN4O3. The Kier molecular flexibility index (Phi) is 3.05. The number of carboxylic acids is 1. The minimum absolute atomic E-state index is 0.0653. The Morgan fingerprint density at radius 3 is 2.88 bits per heavy atom. The van der Waals surface area contributed by atoms with Crippen molar-refractivity contribution in [1.82, 2.24) is 19.7 Å². The zero-order chi connectivity index (χ0) is 12.4. The molecule has 0 unspecified atom stereocenters. The Bertz CT molecular complexity index is 569. The molecule has 0 fully saturated rings. The lowest BCUT2D eigenvalue weighted by atomic mass is 10.4. The van der Waals surface area contributed by atoms with Crippen LogP contribution in [0.4, 0.5) is 0 Å². The van der Waals surface area contributed by atoms with Crippen LogP contribution in [-0.4, -0.2) is 37.9 Å².